The van der Waals surface area contributed by atoms with Gasteiger partial charge in [-0.15, -0.1) is 0 Å². The number of aryl methyl sites for hydroxylation is 1. The number of carbonyl (C=O) groups is 2. The maximum Gasteiger partial charge on any atom is 0.355 e. The zero-order valence-electron chi connectivity index (χ0n) is 19.4. The van der Waals surface area contributed by atoms with Crippen LogP contribution in [-0.4, -0.2) is 35.7 Å². The van der Waals surface area contributed by atoms with Gasteiger partial charge in [-0.3, -0.25) is 4.90 Å². The third kappa shape index (κ3) is 4.13. The average Bonchev–Trinajstić information content (AvgIpc) is 3.33. The number of imidazole rings is 1. The van der Waals surface area contributed by atoms with Gasteiger partial charge in [-0.25, -0.2) is 14.6 Å². The maximum atomic E-state index is 13.1. The lowest BCUT2D eigenvalue weighted by molar-refractivity contribution is -0.139. The first-order valence-electron chi connectivity index (χ1n) is 10.7. The van der Waals surface area contributed by atoms with Crippen LogP contribution < -0.4 is 10.6 Å². The molecule has 1 atom stereocenters. The number of nitriles is 1. The van der Waals surface area contributed by atoms with Crippen molar-refractivity contribution < 1.29 is 19.1 Å². The molecule has 176 valence electrons. The molecule has 0 saturated heterocycles. The fourth-order valence-electron chi connectivity index (χ4n) is 4.12. The zero-order valence-corrected chi connectivity index (χ0v) is 19.4. The molecule has 0 bridgehead atoms. The van der Waals surface area contributed by atoms with Crippen LogP contribution in [0.4, 0.5) is 5.69 Å². The molecule has 1 unspecified atom stereocenters. The SMILES string of the molecule is COC(=O)C1=C(C(=O)OC)N(c2ccc(-n3cnc(C)c3)cc2)C(N)=C(C#N)C1c1ccccc1. The highest BCUT2D eigenvalue weighted by Crippen LogP contribution is 2.43. The molecule has 4 rings (SSSR count). The first-order chi connectivity index (χ1) is 16.9. The Morgan fingerprint density at radius 1 is 1.00 bits per heavy atom. The van der Waals surface area contributed by atoms with Crippen LogP contribution in [0.25, 0.3) is 5.69 Å². The van der Waals surface area contributed by atoms with E-state index in [1.165, 1.54) is 19.1 Å². The molecule has 9 nitrogen and oxygen atoms in total. The third-order valence-electron chi connectivity index (χ3n) is 5.73. The first-order valence-corrected chi connectivity index (χ1v) is 10.7. The molecule has 0 spiro atoms. The molecule has 3 aromatic rings. The van der Waals surface area contributed by atoms with Crippen LogP contribution in [0, 0.1) is 18.3 Å². The van der Waals surface area contributed by atoms with E-state index in [0.717, 1.165) is 11.4 Å². The van der Waals surface area contributed by atoms with Crippen molar-refractivity contribution in [2.75, 3.05) is 19.1 Å². The van der Waals surface area contributed by atoms with Gasteiger partial charge in [-0.05, 0) is 36.8 Å². The van der Waals surface area contributed by atoms with Crippen molar-refractivity contribution in [1.29, 1.82) is 5.26 Å². The monoisotopic (exact) mass is 469 g/mol. The average molecular weight is 470 g/mol. The molecule has 0 aliphatic carbocycles. The van der Waals surface area contributed by atoms with E-state index in [-0.39, 0.29) is 22.7 Å². The van der Waals surface area contributed by atoms with Crippen LogP contribution in [0.15, 0.2) is 89.8 Å². The van der Waals surface area contributed by atoms with E-state index < -0.39 is 17.9 Å². The van der Waals surface area contributed by atoms with Gasteiger partial charge >= 0.3 is 11.9 Å². The quantitative estimate of drug-likeness (QED) is 0.566. The van der Waals surface area contributed by atoms with Gasteiger partial charge in [0.05, 0.1) is 49.4 Å². The van der Waals surface area contributed by atoms with E-state index in [9.17, 15) is 14.9 Å². The second-order valence-electron chi connectivity index (χ2n) is 7.77. The highest BCUT2D eigenvalue weighted by atomic mass is 16.5. The number of carbonyl (C=O) groups excluding carboxylic acids is 2. The minimum Gasteiger partial charge on any atom is -0.466 e. The van der Waals surface area contributed by atoms with Crippen molar-refractivity contribution in [3.63, 3.8) is 0 Å². The van der Waals surface area contributed by atoms with Crippen molar-refractivity contribution in [3.05, 3.63) is 101 Å². The van der Waals surface area contributed by atoms with Crippen molar-refractivity contribution >= 4 is 17.6 Å². The standard InChI is InChI=1S/C26H23N5O4/c1-16-14-30(15-29-16)18-9-11-19(12-10-18)31-23(26(33)35-3)22(25(32)34-2)21(20(13-27)24(31)28)17-7-5-4-6-8-17/h4-12,14-15,21H,28H2,1-3H3. The Kier molecular flexibility index (Phi) is 6.38. The predicted octanol–water partition coefficient (Wildman–Crippen LogP) is 3.08. The van der Waals surface area contributed by atoms with Crippen LogP contribution >= 0.6 is 0 Å². The summed E-state index contributed by atoms with van der Waals surface area (Å²) < 4.78 is 11.9. The normalized spacial score (nSPS) is 15.6. The number of nitrogens with zero attached hydrogens (tertiary/aromatic N) is 4. The summed E-state index contributed by atoms with van der Waals surface area (Å²) in [6.45, 7) is 1.89. The number of ether oxygens (including phenoxy) is 2. The molecule has 35 heavy (non-hydrogen) atoms. The molecule has 0 amide bonds. The van der Waals surface area contributed by atoms with E-state index in [1.807, 2.05) is 35.9 Å². The van der Waals surface area contributed by atoms with Gasteiger partial charge < -0.3 is 19.8 Å². The lowest BCUT2D eigenvalue weighted by atomic mass is 9.81. The number of benzene rings is 2. The lowest BCUT2D eigenvalue weighted by Gasteiger charge is -2.35. The second-order valence-corrected chi connectivity index (χ2v) is 7.77. The highest BCUT2D eigenvalue weighted by Gasteiger charge is 2.42. The molecular formula is C26H23N5O4. The fraction of sp³-hybridized carbons (Fsp3) is 0.154. The number of allylic oxidation sites excluding steroid dienone is 1. The summed E-state index contributed by atoms with van der Waals surface area (Å²) in [5, 5.41) is 10.1. The number of nitrogens with two attached hydrogens (primary N) is 1. The van der Waals surface area contributed by atoms with Crippen molar-refractivity contribution in [2.45, 2.75) is 12.8 Å². The van der Waals surface area contributed by atoms with Gasteiger partial charge in [0.2, 0.25) is 0 Å². The van der Waals surface area contributed by atoms with Crippen molar-refractivity contribution in [2.24, 2.45) is 5.73 Å². The van der Waals surface area contributed by atoms with Crippen LogP contribution in [0.5, 0.6) is 0 Å². The fourth-order valence-corrected chi connectivity index (χ4v) is 4.12. The third-order valence-corrected chi connectivity index (χ3v) is 5.73. The Hall–Kier alpha value is -4.84. The minimum absolute atomic E-state index is 0.0145. The number of hydrogen-bond acceptors (Lipinski definition) is 8. The smallest absolute Gasteiger partial charge is 0.355 e. The summed E-state index contributed by atoms with van der Waals surface area (Å²) in [4.78, 5) is 31.7. The topological polar surface area (TPSA) is 123 Å². The number of esters is 2. The molecule has 0 saturated carbocycles. The number of rotatable bonds is 5. The molecule has 0 radical (unpaired) electrons. The van der Waals surface area contributed by atoms with Gasteiger partial charge in [0.15, 0.2) is 0 Å². The molecule has 0 fully saturated rings. The van der Waals surface area contributed by atoms with Crippen LogP contribution in [0.2, 0.25) is 0 Å². The molecule has 9 heteroatoms. The van der Waals surface area contributed by atoms with E-state index in [0.29, 0.717) is 11.3 Å². The van der Waals surface area contributed by atoms with Crippen molar-refractivity contribution in [1.82, 2.24) is 9.55 Å². The Balaban J connectivity index is 1.95. The Labute approximate surface area is 202 Å². The first kappa shape index (κ1) is 23.3. The molecular weight excluding hydrogens is 446 g/mol. The molecule has 2 heterocycles. The number of hydrogen-bond donors (Lipinski definition) is 1. The van der Waals surface area contributed by atoms with E-state index in [2.05, 4.69) is 11.1 Å². The second kappa shape index (κ2) is 9.57. The maximum absolute atomic E-state index is 13.1. The molecule has 2 aromatic carbocycles. The summed E-state index contributed by atoms with van der Waals surface area (Å²) in [5.74, 6) is -2.46. The highest BCUT2D eigenvalue weighted by molar-refractivity contribution is 6.06. The molecule has 1 aromatic heterocycles. The Morgan fingerprint density at radius 3 is 2.17 bits per heavy atom. The number of aromatic nitrogens is 2. The van der Waals surface area contributed by atoms with Gasteiger partial charge in [0.25, 0.3) is 0 Å². The number of methoxy groups -OCH3 is 2. The zero-order chi connectivity index (χ0) is 25.1. The Morgan fingerprint density at radius 2 is 1.63 bits per heavy atom. The summed E-state index contributed by atoms with van der Waals surface area (Å²) >= 11 is 0. The van der Waals surface area contributed by atoms with Gasteiger partial charge in [0, 0.05) is 17.6 Å². The van der Waals surface area contributed by atoms with Gasteiger partial charge in [-0.2, -0.15) is 5.26 Å². The minimum atomic E-state index is -0.910. The predicted molar refractivity (Wildman–Crippen MR) is 128 cm³/mol. The van der Waals surface area contributed by atoms with Crippen LogP contribution in [-0.2, 0) is 19.1 Å². The van der Waals surface area contributed by atoms with E-state index in [1.54, 1.807) is 42.7 Å². The lowest BCUT2D eigenvalue weighted by Crippen LogP contribution is -2.40. The number of anilines is 1. The molecule has 2 N–H and O–H groups in total. The van der Waals surface area contributed by atoms with Crippen molar-refractivity contribution in [3.8, 4) is 11.8 Å². The summed E-state index contributed by atoms with van der Waals surface area (Å²) in [6, 6.07) is 18.1. The van der Waals surface area contributed by atoms with E-state index >= 15 is 0 Å². The molecule has 1 aliphatic heterocycles. The van der Waals surface area contributed by atoms with Crippen LogP contribution in [0.1, 0.15) is 17.2 Å². The van der Waals surface area contributed by atoms with Gasteiger partial charge in [0.1, 0.15) is 11.5 Å². The van der Waals surface area contributed by atoms with Gasteiger partial charge in [-0.1, -0.05) is 30.3 Å². The Bertz CT molecular complexity index is 1380. The largest absolute Gasteiger partial charge is 0.466 e. The summed E-state index contributed by atoms with van der Waals surface area (Å²) in [7, 11) is 2.43. The molecule has 1 aliphatic rings. The van der Waals surface area contributed by atoms with Crippen LogP contribution in [0.3, 0.4) is 0 Å². The summed E-state index contributed by atoms with van der Waals surface area (Å²) in [5.41, 5.74) is 9.23. The summed E-state index contributed by atoms with van der Waals surface area (Å²) in [6.07, 6.45) is 3.56. The van der Waals surface area contributed by atoms with E-state index in [4.69, 9.17) is 15.2 Å².